The van der Waals surface area contributed by atoms with Gasteiger partial charge in [-0.3, -0.25) is 0 Å². The third-order valence-corrected chi connectivity index (χ3v) is 2.82. The molecule has 0 bridgehead atoms. The average molecular weight is 302 g/mol. The molecule has 0 aliphatic rings. The molecule has 0 radical (unpaired) electrons. The molecule has 0 saturated carbocycles. The van der Waals surface area contributed by atoms with Crippen LogP contribution in [0.1, 0.15) is 31.9 Å². The quantitative estimate of drug-likeness (QED) is 0.846. The van der Waals surface area contributed by atoms with Crippen LogP contribution < -0.4 is 10.5 Å². The Kier molecular flexibility index (Phi) is 6.59. The van der Waals surface area contributed by atoms with E-state index >= 15 is 0 Å². The van der Waals surface area contributed by atoms with Crippen molar-refractivity contribution >= 4 is 12.4 Å². The summed E-state index contributed by atoms with van der Waals surface area (Å²) in [7, 11) is 0. The molecule has 2 N–H and O–H groups in total. The van der Waals surface area contributed by atoms with Crippen LogP contribution in [0.15, 0.2) is 18.2 Å². The lowest BCUT2D eigenvalue weighted by atomic mass is 9.93. The molecule has 0 fully saturated rings. The van der Waals surface area contributed by atoms with Crippen LogP contribution >= 0.6 is 12.4 Å². The largest absolute Gasteiger partial charge is 0.573 e. The number of alkyl halides is 3. The second-order valence-electron chi connectivity index (χ2n) is 4.15. The molecule has 110 valence electrons. The van der Waals surface area contributed by atoms with Crippen molar-refractivity contribution in [1.29, 1.82) is 0 Å². The first kappa shape index (κ1) is 18.0. The summed E-state index contributed by atoms with van der Waals surface area (Å²) in [6.07, 6.45) is -4.11. The van der Waals surface area contributed by atoms with Crippen molar-refractivity contribution in [2.45, 2.75) is 32.7 Å². The van der Waals surface area contributed by atoms with Crippen molar-refractivity contribution < 1.29 is 22.3 Å². The summed E-state index contributed by atoms with van der Waals surface area (Å²) in [6.45, 7) is 3.82. The number of rotatable bonds is 4. The third kappa shape index (κ3) is 5.24. The first-order chi connectivity index (χ1) is 8.24. The number of halogens is 5. The van der Waals surface area contributed by atoms with Gasteiger partial charge in [-0.05, 0) is 23.6 Å². The van der Waals surface area contributed by atoms with E-state index < -0.39 is 24.0 Å². The molecule has 19 heavy (non-hydrogen) atoms. The topological polar surface area (TPSA) is 35.2 Å². The van der Waals surface area contributed by atoms with Gasteiger partial charge < -0.3 is 10.5 Å². The number of hydrogen-bond acceptors (Lipinski definition) is 2. The molecule has 0 spiro atoms. The Morgan fingerprint density at radius 1 is 1.32 bits per heavy atom. The first-order valence-electron chi connectivity index (χ1n) is 5.55. The van der Waals surface area contributed by atoms with Gasteiger partial charge in [-0.1, -0.05) is 26.3 Å². The smallest absolute Gasteiger partial charge is 0.403 e. The second-order valence-corrected chi connectivity index (χ2v) is 4.15. The van der Waals surface area contributed by atoms with Gasteiger partial charge in [-0.2, -0.15) is 0 Å². The lowest BCUT2D eigenvalue weighted by Crippen LogP contribution is -2.20. The summed E-state index contributed by atoms with van der Waals surface area (Å²) in [6, 6.07) is 2.86. The highest BCUT2D eigenvalue weighted by Gasteiger charge is 2.32. The second kappa shape index (κ2) is 6.96. The molecule has 0 saturated heterocycles. The van der Waals surface area contributed by atoms with Crippen LogP contribution in [0.5, 0.6) is 5.75 Å². The van der Waals surface area contributed by atoms with Crippen molar-refractivity contribution in [1.82, 2.24) is 0 Å². The number of hydrogen-bond donors (Lipinski definition) is 1. The maximum atomic E-state index is 13.4. The van der Waals surface area contributed by atoms with Crippen molar-refractivity contribution in [2.75, 3.05) is 0 Å². The van der Waals surface area contributed by atoms with Gasteiger partial charge in [0.2, 0.25) is 0 Å². The minimum atomic E-state index is -4.90. The predicted molar refractivity (Wildman–Crippen MR) is 66.7 cm³/mol. The predicted octanol–water partition coefficient (Wildman–Crippen LogP) is 4.19. The van der Waals surface area contributed by atoms with E-state index in [1.165, 1.54) is 6.07 Å². The summed E-state index contributed by atoms with van der Waals surface area (Å²) in [5.74, 6) is -1.80. The highest BCUT2D eigenvalue weighted by molar-refractivity contribution is 5.85. The van der Waals surface area contributed by atoms with E-state index in [2.05, 4.69) is 4.74 Å². The van der Waals surface area contributed by atoms with Crippen LogP contribution in [-0.4, -0.2) is 6.36 Å². The fourth-order valence-electron chi connectivity index (χ4n) is 1.51. The number of benzene rings is 1. The molecule has 1 unspecified atom stereocenters. The molecule has 7 heteroatoms. The highest BCUT2D eigenvalue weighted by Crippen LogP contribution is 2.29. The summed E-state index contributed by atoms with van der Waals surface area (Å²) in [4.78, 5) is 0. The average Bonchev–Trinajstić information content (AvgIpc) is 2.28. The molecule has 0 aromatic heterocycles. The van der Waals surface area contributed by atoms with E-state index in [1.807, 2.05) is 13.8 Å². The zero-order valence-corrected chi connectivity index (χ0v) is 11.3. The highest BCUT2D eigenvalue weighted by atomic mass is 35.5. The van der Waals surface area contributed by atoms with Crippen LogP contribution in [0.25, 0.3) is 0 Å². The summed E-state index contributed by atoms with van der Waals surface area (Å²) < 4.78 is 52.8. The Hall–Kier alpha value is -1.01. The van der Waals surface area contributed by atoms with Crippen LogP contribution in [0.4, 0.5) is 17.6 Å². The Morgan fingerprint density at radius 3 is 2.32 bits per heavy atom. The van der Waals surface area contributed by atoms with E-state index in [-0.39, 0.29) is 18.3 Å². The molecule has 0 amide bonds. The van der Waals surface area contributed by atoms with Gasteiger partial charge in [0.15, 0.2) is 11.6 Å². The zero-order valence-electron chi connectivity index (χ0n) is 10.5. The zero-order chi connectivity index (χ0) is 13.9. The molecule has 2 atom stereocenters. The maximum absolute atomic E-state index is 13.4. The van der Waals surface area contributed by atoms with Gasteiger partial charge >= 0.3 is 6.36 Å². The molecule has 0 aliphatic carbocycles. The lowest BCUT2D eigenvalue weighted by Gasteiger charge is -2.19. The Labute approximate surface area is 115 Å². The number of ether oxygens (including phenoxy) is 1. The Bertz CT molecular complexity index is 411. The van der Waals surface area contributed by atoms with Crippen LogP contribution in [0.2, 0.25) is 0 Å². The van der Waals surface area contributed by atoms with Gasteiger partial charge in [0.1, 0.15) is 0 Å². The molecular formula is C12H16ClF4NO. The van der Waals surface area contributed by atoms with E-state index in [1.54, 1.807) is 0 Å². The lowest BCUT2D eigenvalue weighted by molar-refractivity contribution is -0.275. The maximum Gasteiger partial charge on any atom is 0.573 e. The fourth-order valence-corrected chi connectivity index (χ4v) is 1.51. The monoisotopic (exact) mass is 301 g/mol. The van der Waals surface area contributed by atoms with Crippen molar-refractivity contribution in [3.05, 3.63) is 29.6 Å². The molecule has 1 aromatic rings. The molecule has 1 aromatic carbocycles. The van der Waals surface area contributed by atoms with E-state index in [9.17, 15) is 17.6 Å². The molecule has 0 heterocycles. The van der Waals surface area contributed by atoms with Gasteiger partial charge in [-0.25, -0.2) is 4.39 Å². The Morgan fingerprint density at radius 2 is 1.89 bits per heavy atom. The van der Waals surface area contributed by atoms with Gasteiger partial charge in [-0.15, -0.1) is 25.6 Å². The molecule has 0 aliphatic heterocycles. The molecule has 2 nitrogen and oxygen atoms in total. The van der Waals surface area contributed by atoms with E-state index in [0.717, 1.165) is 18.6 Å². The third-order valence-electron chi connectivity index (χ3n) is 2.82. The Balaban J connectivity index is 0.00000324. The van der Waals surface area contributed by atoms with Crippen molar-refractivity contribution in [3.8, 4) is 5.75 Å². The van der Waals surface area contributed by atoms with Gasteiger partial charge in [0, 0.05) is 6.04 Å². The summed E-state index contributed by atoms with van der Waals surface area (Å²) >= 11 is 0. The first-order valence-corrected chi connectivity index (χ1v) is 5.55. The standard InChI is InChI=1S/C12H15F4NO.ClH/c1-3-7(2)11(17)8-4-5-10(9(13)6-8)18-12(14,15)16;/h4-7,11H,3,17H2,1-2H3;1H/t7?,11-;/m0./s1. The van der Waals surface area contributed by atoms with Gasteiger partial charge in [0.05, 0.1) is 0 Å². The minimum Gasteiger partial charge on any atom is -0.403 e. The normalized spacial score (nSPS) is 14.5. The van der Waals surface area contributed by atoms with Gasteiger partial charge in [0.25, 0.3) is 0 Å². The van der Waals surface area contributed by atoms with E-state index in [4.69, 9.17) is 5.73 Å². The van der Waals surface area contributed by atoms with Crippen LogP contribution in [0.3, 0.4) is 0 Å². The number of nitrogens with two attached hydrogens (primary N) is 1. The minimum absolute atomic E-state index is 0. The van der Waals surface area contributed by atoms with Crippen LogP contribution in [-0.2, 0) is 0 Å². The van der Waals surface area contributed by atoms with Crippen molar-refractivity contribution in [2.24, 2.45) is 11.7 Å². The van der Waals surface area contributed by atoms with Crippen LogP contribution in [0, 0.1) is 11.7 Å². The van der Waals surface area contributed by atoms with E-state index in [0.29, 0.717) is 5.56 Å². The SMILES string of the molecule is CCC(C)[C@H](N)c1ccc(OC(F)(F)F)c(F)c1.Cl. The summed E-state index contributed by atoms with van der Waals surface area (Å²) in [5, 5.41) is 0. The molecular weight excluding hydrogens is 286 g/mol. The fraction of sp³-hybridized carbons (Fsp3) is 0.500. The van der Waals surface area contributed by atoms with Crippen molar-refractivity contribution in [3.63, 3.8) is 0 Å². The summed E-state index contributed by atoms with van der Waals surface area (Å²) in [5.41, 5.74) is 6.32. The molecule has 1 rings (SSSR count).